The molecule has 0 aliphatic carbocycles. The number of H-pyrrole nitrogens is 1. The number of anilines is 1. The van der Waals surface area contributed by atoms with Gasteiger partial charge in [-0.25, -0.2) is 19.9 Å². The maximum absolute atomic E-state index is 4.83. The molecular weight excluding hydrogens is 374 g/mol. The van der Waals surface area contributed by atoms with Crippen molar-refractivity contribution in [2.75, 3.05) is 11.4 Å². The second-order valence-corrected chi connectivity index (χ2v) is 7.15. The molecular formula is C23H31N7. The smallest absolute Gasteiger partial charge is 0.160 e. The number of rotatable bonds is 6. The van der Waals surface area contributed by atoms with E-state index in [0.29, 0.717) is 12.6 Å². The lowest BCUT2D eigenvalue weighted by molar-refractivity contribution is 0.693. The number of nitrogens with one attached hydrogen (secondary N) is 1. The predicted octanol–water partition coefficient (Wildman–Crippen LogP) is 4.83. The first kappa shape index (κ1) is 21.5. The van der Waals surface area contributed by atoms with E-state index in [1.54, 1.807) is 6.20 Å². The van der Waals surface area contributed by atoms with Crippen LogP contribution in [0.5, 0.6) is 0 Å². The summed E-state index contributed by atoms with van der Waals surface area (Å²) in [6, 6.07) is 8.45. The molecule has 4 aromatic heterocycles. The lowest BCUT2D eigenvalue weighted by Gasteiger charge is -2.26. The Morgan fingerprint density at radius 2 is 1.87 bits per heavy atom. The van der Waals surface area contributed by atoms with Gasteiger partial charge in [-0.15, -0.1) is 0 Å². The highest BCUT2D eigenvalue weighted by atomic mass is 15.2. The lowest BCUT2D eigenvalue weighted by Crippen LogP contribution is -2.30. The number of aryl methyl sites for hydroxylation is 1. The molecule has 0 bridgehead atoms. The van der Waals surface area contributed by atoms with Crippen LogP contribution in [0.25, 0.3) is 22.6 Å². The van der Waals surface area contributed by atoms with Gasteiger partial charge in [0.25, 0.3) is 0 Å². The Hall–Kier alpha value is -3.22. The maximum atomic E-state index is 4.83. The lowest BCUT2D eigenvalue weighted by atomic mass is 10.2. The van der Waals surface area contributed by atoms with Crippen molar-refractivity contribution in [2.24, 2.45) is 0 Å². The number of aromatic amines is 1. The van der Waals surface area contributed by atoms with Gasteiger partial charge in [0.15, 0.2) is 5.65 Å². The number of hydrogen-bond donors (Lipinski definition) is 1. The van der Waals surface area contributed by atoms with E-state index in [1.165, 1.54) is 0 Å². The molecule has 0 amide bonds. The van der Waals surface area contributed by atoms with Crippen LogP contribution in [0.15, 0.2) is 42.9 Å². The van der Waals surface area contributed by atoms with Crippen LogP contribution in [0.1, 0.15) is 46.1 Å². The number of aromatic nitrogens is 6. The molecule has 0 aliphatic heterocycles. The number of pyridine rings is 2. The molecule has 4 heterocycles. The minimum atomic E-state index is 0.403. The van der Waals surface area contributed by atoms with Gasteiger partial charge in [0.05, 0.1) is 18.4 Å². The van der Waals surface area contributed by atoms with Gasteiger partial charge < -0.3 is 14.5 Å². The summed E-state index contributed by atoms with van der Waals surface area (Å²) in [5, 5.41) is 0. The highest BCUT2D eigenvalue weighted by Gasteiger charge is 2.16. The normalized spacial score (nSPS) is 10.9. The van der Waals surface area contributed by atoms with Crippen LogP contribution < -0.4 is 4.90 Å². The van der Waals surface area contributed by atoms with E-state index in [0.717, 1.165) is 46.4 Å². The average Bonchev–Trinajstić information content (AvgIpc) is 3.34. The summed E-state index contributed by atoms with van der Waals surface area (Å²) >= 11 is 0. The van der Waals surface area contributed by atoms with Gasteiger partial charge in [-0.05, 0) is 52.0 Å². The van der Waals surface area contributed by atoms with Crippen LogP contribution in [-0.2, 0) is 6.54 Å². The van der Waals surface area contributed by atoms with Gasteiger partial charge in [0.2, 0.25) is 0 Å². The molecule has 4 rings (SSSR count). The predicted molar refractivity (Wildman–Crippen MR) is 123 cm³/mol. The molecule has 0 saturated carbocycles. The third-order valence-electron chi connectivity index (χ3n) is 4.85. The average molecular weight is 406 g/mol. The molecule has 7 heteroatoms. The highest BCUT2D eigenvalue weighted by Crippen LogP contribution is 2.25. The molecule has 0 fully saturated rings. The molecule has 30 heavy (non-hydrogen) atoms. The van der Waals surface area contributed by atoms with Crippen LogP contribution in [-0.4, -0.2) is 42.1 Å². The first-order chi connectivity index (χ1) is 14.6. The second kappa shape index (κ2) is 9.52. The van der Waals surface area contributed by atoms with E-state index in [-0.39, 0.29) is 0 Å². The Morgan fingerprint density at radius 3 is 2.47 bits per heavy atom. The topological polar surface area (TPSA) is 75.5 Å². The Bertz CT molecular complexity index is 1080. The van der Waals surface area contributed by atoms with E-state index in [4.69, 9.17) is 9.97 Å². The molecule has 4 aromatic rings. The van der Waals surface area contributed by atoms with Crippen molar-refractivity contribution in [2.45, 2.75) is 54.1 Å². The third-order valence-corrected chi connectivity index (χ3v) is 4.85. The Kier molecular flexibility index (Phi) is 6.82. The van der Waals surface area contributed by atoms with E-state index >= 15 is 0 Å². The number of fused-ring (bicyclic) bond motifs is 1. The number of imidazole rings is 2. The fraction of sp³-hybridized carbons (Fsp3) is 0.391. The van der Waals surface area contributed by atoms with Gasteiger partial charge in [0, 0.05) is 30.5 Å². The molecule has 0 saturated heterocycles. The van der Waals surface area contributed by atoms with Crippen molar-refractivity contribution in [1.82, 2.24) is 29.5 Å². The van der Waals surface area contributed by atoms with Crippen molar-refractivity contribution in [1.29, 1.82) is 0 Å². The van der Waals surface area contributed by atoms with Crippen molar-refractivity contribution in [3.63, 3.8) is 0 Å². The summed E-state index contributed by atoms with van der Waals surface area (Å²) in [6.45, 7) is 14.0. The monoisotopic (exact) mass is 405 g/mol. The Labute approximate surface area is 178 Å². The Morgan fingerprint density at radius 1 is 1.07 bits per heavy atom. The minimum Gasteiger partial charge on any atom is -0.354 e. The zero-order valence-corrected chi connectivity index (χ0v) is 18.7. The number of hydrogen-bond acceptors (Lipinski definition) is 5. The summed E-state index contributed by atoms with van der Waals surface area (Å²) in [5.74, 6) is 2.73. The summed E-state index contributed by atoms with van der Waals surface area (Å²) in [6.07, 6.45) is 5.55. The molecule has 0 unspecified atom stereocenters. The number of nitrogens with zero attached hydrogens (tertiary/aromatic N) is 6. The molecule has 0 aliphatic rings. The molecule has 158 valence electrons. The summed E-state index contributed by atoms with van der Waals surface area (Å²) in [4.78, 5) is 23.9. The molecule has 7 nitrogen and oxygen atoms in total. The standard InChI is InChI=1S/C21H25N7.C2H6/c1-5-27(14(2)3)19-9-8-16(11-24-19)20-26-18-7-6-10-22-21(18)28(20)13-17-12-23-15(4)25-17;1-2/h6-12,14H,5,13H2,1-4H3,(H,23,25);1-2H3. The third kappa shape index (κ3) is 4.35. The highest BCUT2D eigenvalue weighted by molar-refractivity contribution is 5.77. The van der Waals surface area contributed by atoms with Gasteiger partial charge in [-0.1, -0.05) is 13.8 Å². The first-order valence-corrected chi connectivity index (χ1v) is 10.6. The van der Waals surface area contributed by atoms with Crippen molar-refractivity contribution < 1.29 is 0 Å². The van der Waals surface area contributed by atoms with E-state index in [9.17, 15) is 0 Å². The molecule has 0 radical (unpaired) electrons. The van der Waals surface area contributed by atoms with Gasteiger partial charge in [-0.2, -0.15) is 0 Å². The molecule has 0 spiro atoms. The van der Waals surface area contributed by atoms with Crippen LogP contribution in [0.4, 0.5) is 5.82 Å². The van der Waals surface area contributed by atoms with Crippen molar-refractivity contribution in [3.05, 3.63) is 54.4 Å². The summed E-state index contributed by atoms with van der Waals surface area (Å²) in [7, 11) is 0. The summed E-state index contributed by atoms with van der Waals surface area (Å²) in [5.41, 5.74) is 3.71. The summed E-state index contributed by atoms with van der Waals surface area (Å²) < 4.78 is 2.11. The van der Waals surface area contributed by atoms with Crippen LogP contribution in [0.2, 0.25) is 0 Å². The second-order valence-electron chi connectivity index (χ2n) is 7.15. The van der Waals surface area contributed by atoms with E-state index in [2.05, 4.69) is 57.3 Å². The quantitative estimate of drug-likeness (QED) is 0.497. The van der Waals surface area contributed by atoms with Crippen LogP contribution in [0, 0.1) is 6.92 Å². The van der Waals surface area contributed by atoms with Crippen molar-refractivity contribution in [3.8, 4) is 11.4 Å². The largest absolute Gasteiger partial charge is 0.354 e. The van der Waals surface area contributed by atoms with Gasteiger partial charge in [-0.3, -0.25) is 0 Å². The zero-order valence-electron chi connectivity index (χ0n) is 18.7. The zero-order chi connectivity index (χ0) is 21.7. The fourth-order valence-corrected chi connectivity index (χ4v) is 3.53. The molecule has 0 aromatic carbocycles. The maximum Gasteiger partial charge on any atom is 0.160 e. The van der Waals surface area contributed by atoms with Gasteiger partial charge >= 0.3 is 0 Å². The Balaban J connectivity index is 0.00000124. The molecule has 1 N–H and O–H groups in total. The van der Waals surface area contributed by atoms with E-state index < -0.39 is 0 Å². The fourth-order valence-electron chi connectivity index (χ4n) is 3.53. The van der Waals surface area contributed by atoms with Crippen molar-refractivity contribution >= 4 is 17.0 Å². The van der Waals surface area contributed by atoms with Gasteiger partial charge in [0.1, 0.15) is 23.0 Å². The van der Waals surface area contributed by atoms with Crippen LogP contribution >= 0.6 is 0 Å². The minimum absolute atomic E-state index is 0.403. The SMILES string of the molecule is CC.CCN(c1ccc(-c2nc3cccnc3n2Cc2cnc(C)[nH]2)cn1)C(C)C. The molecule has 0 atom stereocenters. The first-order valence-electron chi connectivity index (χ1n) is 10.6. The van der Waals surface area contributed by atoms with Crippen LogP contribution in [0.3, 0.4) is 0 Å². The van der Waals surface area contributed by atoms with E-state index in [1.807, 2.05) is 45.3 Å².